The van der Waals surface area contributed by atoms with Gasteiger partial charge >= 0.3 is 11.9 Å². The molecule has 0 aromatic carbocycles. The Morgan fingerprint density at radius 1 is 1.26 bits per heavy atom. The van der Waals surface area contributed by atoms with E-state index in [1.807, 2.05) is 4.90 Å². The van der Waals surface area contributed by atoms with Crippen molar-refractivity contribution in [3.8, 4) is 5.88 Å². The van der Waals surface area contributed by atoms with Gasteiger partial charge in [-0.3, -0.25) is 14.3 Å². The Labute approximate surface area is 152 Å². The van der Waals surface area contributed by atoms with Crippen molar-refractivity contribution >= 4 is 5.82 Å². The highest BCUT2D eigenvalue weighted by atomic mass is 19.4. The zero-order chi connectivity index (χ0) is 19.6. The van der Waals surface area contributed by atoms with Crippen LogP contribution in [-0.2, 0) is 13.2 Å². The molecule has 0 aliphatic carbocycles. The summed E-state index contributed by atoms with van der Waals surface area (Å²) in [7, 11) is 1.40. The van der Waals surface area contributed by atoms with Gasteiger partial charge in [-0.25, -0.2) is 9.78 Å². The van der Waals surface area contributed by atoms with Crippen LogP contribution in [0.2, 0.25) is 0 Å². The fraction of sp³-hybridized carbons (Fsp3) is 0.471. The predicted octanol–water partition coefficient (Wildman–Crippen LogP) is 1.78. The molecule has 1 N–H and O–H groups in total. The van der Waals surface area contributed by atoms with Crippen molar-refractivity contribution in [3.63, 3.8) is 0 Å². The van der Waals surface area contributed by atoms with Gasteiger partial charge in [0.2, 0.25) is 5.88 Å². The van der Waals surface area contributed by atoms with Crippen LogP contribution < -0.4 is 20.9 Å². The number of aromatic amines is 1. The number of nitrogens with one attached hydrogen (secondary N) is 1. The van der Waals surface area contributed by atoms with Gasteiger partial charge in [0.15, 0.2) is 0 Å². The first-order valence-corrected chi connectivity index (χ1v) is 8.46. The smallest absolute Gasteiger partial charge is 0.433 e. The van der Waals surface area contributed by atoms with Gasteiger partial charge < -0.3 is 9.64 Å². The quantitative estimate of drug-likeness (QED) is 0.869. The molecule has 7 nitrogen and oxygen atoms in total. The summed E-state index contributed by atoms with van der Waals surface area (Å²) in [4.78, 5) is 31.5. The maximum absolute atomic E-state index is 12.7. The monoisotopic (exact) mass is 384 g/mol. The topological polar surface area (TPSA) is 80.2 Å². The first-order chi connectivity index (χ1) is 12.7. The number of piperidine rings is 1. The number of hydrogen-bond acceptors (Lipinski definition) is 5. The number of alkyl halides is 3. The van der Waals surface area contributed by atoms with E-state index in [1.54, 1.807) is 0 Å². The Morgan fingerprint density at radius 3 is 2.59 bits per heavy atom. The largest absolute Gasteiger partial charge is 0.477 e. The highest BCUT2D eigenvalue weighted by Crippen LogP contribution is 2.29. The summed E-state index contributed by atoms with van der Waals surface area (Å²) < 4.78 is 44.5. The van der Waals surface area contributed by atoms with Crippen LogP contribution in [0.15, 0.2) is 33.9 Å². The van der Waals surface area contributed by atoms with Crippen molar-refractivity contribution in [2.75, 3.05) is 24.6 Å². The Hall–Kier alpha value is -2.78. The molecule has 3 rings (SSSR count). The van der Waals surface area contributed by atoms with E-state index in [4.69, 9.17) is 4.74 Å². The zero-order valence-electron chi connectivity index (χ0n) is 14.6. The van der Waals surface area contributed by atoms with Crippen LogP contribution in [-0.4, -0.2) is 34.2 Å². The van der Waals surface area contributed by atoms with E-state index in [-0.39, 0.29) is 24.0 Å². The minimum atomic E-state index is -4.51. The van der Waals surface area contributed by atoms with E-state index in [1.165, 1.54) is 25.2 Å². The van der Waals surface area contributed by atoms with Gasteiger partial charge in [-0.15, -0.1) is 0 Å². The Balaban J connectivity index is 1.56. The van der Waals surface area contributed by atoms with Crippen molar-refractivity contribution in [2.45, 2.75) is 19.0 Å². The molecular weight excluding hydrogens is 365 g/mol. The van der Waals surface area contributed by atoms with E-state index in [9.17, 15) is 22.8 Å². The second-order valence-corrected chi connectivity index (χ2v) is 6.46. The lowest BCUT2D eigenvalue weighted by atomic mass is 9.98. The van der Waals surface area contributed by atoms with Crippen LogP contribution in [0, 0.1) is 5.92 Å². The van der Waals surface area contributed by atoms with Gasteiger partial charge in [-0.2, -0.15) is 13.2 Å². The molecule has 2 aromatic heterocycles. The van der Waals surface area contributed by atoms with Crippen LogP contribution in [0.4, 0.5) is 19.0 Å². The number of ether oxygens (including phenoxy) is 1. The third-order valence-corrected chi connectivity index (χ3v) is 4.57. The maximum atomic E-state index is 12.7. The molecule has 146 valence electrons. The molecule has 10 heteroatoms. The predicted molar refractivity (Wildman–Crippen MR) is 92.0 cm³/mol. The molecule has 1 saturated heterocycles. The van der Waals surface area contributed by atoms with E-state index < -0.39 is 17.6 Å². The average Bonchev–Trinajstić information content (AvgIpc) is 2.64. The van der Waals surface area contributed by atoms with Gasteiger partial charge in [0.1, 0.15) is 11.5 Å². The van der Waals surface area contributed by atoms with Crippen molar-refractivity contribution in [1.82, 2.24) is 14.5 Å². The number of H-pyrrole nitrogens is 1. The highest BCUT2D eigenvalue weighted by Gasteiger charge is 2.32. The minimum absolute atomic E-state index is 0.0526. The lowest BCUT2D eigenvalue weighted by molar-refractivity contribution is -0.141. The Bertz CT molecular complexity index is 883. The number of halogens is 3. The lowest BCUT2D eigenvalue weighted by Gasteiger charge is -2.32. The molecule has 0 radical (unpaired) electrons. The lowest BCUT2D eigenvalue weighted by Crippen LogP contribution is -2.40. The molecule has 27 heavy (non-hydrogen) atoms. The summed E-state index contributed by atoms with van der Waals surface area (Å²) in [6.45, 7) is 1.47. The van der Waals surface area contributed by atoms with Crippen molar-refractivity contribution in [3.05, 3.63) is 50.8 Å². The molecule has 2 aromatic rings. The first-order valence-electron chi connectivity index (χ1n) is 8.46. The fourth-order valence-electron chi connectivity index (χ4n) is 2.91. The Kier molecular flexibility index (Phi) is 5.24. The molecule has 0 atom stereocenters. The third-order valence-electron chi connectivity index (χ3n) is 4.57. The van der Waals surface area contributed by atoms with Gasteiger partial charge in [-0.1, -0.05) is 6.07 Å². The molecule has 1 aliphatic heterocycles. The van der Waals surface area contributed by atoms with Crippen LogP contribution in [0.1, 0.15) is 18.5 Å². The number of nitrogens with zero attached hydrogens (tertiary/aromatic N) is 3. The summed E-state index contributed by atoms with van der Waals surface area (Å²) in [6.07, 6.45) is -3.07. The van der Waals surface area contributed by atoms with Crippen molar-refractivity contribution < 1.29 is 17.9 Å². The van der Waals surface area contributed by atoms with Crippen LogP contribution in [0.3, 0.4) is 0 Å². The number of anilines is 1. The second-order valence-electron chi connectivity index (χ2n) is 6.46. The van der Waals surface area contributed by atoms with Gasteiger partial charge in [0.05, 0.1) is 6.61 Å². The number of pyridine rings is 1. The normalized spacial score (nSPS) is 15.8. The second kappa shape index (κ2) is 7.45. The molecule has 0 bridgehead atoms. The van der Waals surface area contributed by atoms with Crippen LogP contribution in [0.25, 0.3) is 0 Å². The molecule has 3 heterocycles. The van der Waals surface area contributed by atoms with Crippen molar-refractivity contribution in [1.29, 1.82) is 0 Å². The highest BCUT2D eigenvalue weighted by molar-refractivity contribution is 5.37. The van der Waals surface area contributed by atoms with E-state index >= 15 is 0 Å². The summed E-state index contributed by atoms with van der Waals surface area (Å²) >= 11 is 0. The summed E-state index contributed by atoms with van der Waals surface area (Å²) in [5.74, 6) is 0.570. The molecule has 0 amide bonds. The summed E-state index contributed by atoms with van der Waals surface area (Å²) in [5, 5.41) is 0. The number of aromatic nitrogens is 3. The van der Waals surface area contributed by atoms with E-state index in [0.717, 1.165) is 23.5 Å². The number of rotatable bonds is 4. The standard InChI is InChI=1S/C17H19F3N4O3/c1-23-15(25)9-13(22-16(23)26)24-7-5-11(6-8-24)10-27-14-4-2-3-12(21-14)17(18,19)20/h2-4,9,11H,5-8,10H2,1H3,(H,22,26). The van der Waals surface area contributed by atoms with Gasteiger partial charge in [-0.05, 0) is 24.8 Å². The number of hydrogen-bond donors (Lipinski definition) is 1. The molecule has 0 unspecified atom stereocenters. The maximum Gasteiger partial charge on any atom is 0.433 e. The zero-order valence-corrected chi connectivity index (χ0v) is 14.6. The average molecular weight is 384 g/mol. The molecule has 0 saturated carbocycles. The molecular formula is C17H19F3N4O3. The molecule has 1 aliphatic rings. The molecule has 1 fully saturated rings. The third kappa shape index (κ3) is 4.50. The Morgan fingerprint density at radius 2 is 1.96 bits per heavy atom. The fourth-order valence-corrected chi connectivity index (χ4v) is 2.91. The molecule has 0 spiro atoms. The SMILES string of the molecule is Cn1c(=O)cc(N2CCC(COc3cccc(C(F)(F)F)n3)CC2)[nH]c1=O. The van der Waals surface area contributed by atoms with Gasteiger partial charge in [0, 0.05) is 32.3 Å². The van der Waals surface area contributed by atoms with Crippen LogP contribution in [0.5, 0.6) is 5.88 Å². The van der Waals surface area contributed by atoms with E-state index in [2.05, 4.69) is 9.97 Å². The van der Waals surface area contributed by atoms with Crippen molar-refractivity contribution in [2.24, 2.45) is 13.0 Å². The van der Waals surface area contributed by atoms with Crippen LogP contribution >= 0.6 is 0 Å². The van der Waals surface area contributed by atoms with Gasteiger partial charge in [0.25, 0.3) is 5.56 Å². The minimum Gasteiger partial charge on any atom is -0.477 e. The summed E-state index contributed by atoms with van der Waals surface area (Å²) in [5.41, 5.74) is -1.84. The van der Waals surface area contributed by atoms with E-state index in [0.29, 0.717) is 18.9 Å². The summed E-state index contributed by atoms with van der Waals surface area (Å²) in [6, 6.07) is 4.94. The first kappa shape index (κ1) is 19.0.